The molecule has 136 valence electrons. The molecular weight excluding hydrogens is 320 g/mol. The van der Waals surface area contributed by atoms with E-state index in [1.807, 2.05) is 13.8 Å². The Morgan fingerprint density at radius 1 is 1.39 bits per heavy atom. The second-order valence-corrected chi connectivity index (χ2v) is 8.07. The molecule has 1 unspecified atom stereocenters. The SMILES string of the molecule is CN=C(NCCCOC1CCOC1)NCC(C)(C)NS(C)(=O)=O. The highest BCUT2D eigenvalue weighted by Gasteiger charge is 2.22. The molecule has 1 fully saturated rings. The molecule has 0 spiro atoms. The van der Waals surface area contributed by atoms with Crippen molar-refractivity contribution in [2.24, 2.45) is 4.99 Å². The van der Waals surface area contributed by atoms with Crippen LogP contribution in [-0.4, -0.2) is 72.2 Å². The van der Waals surface area contributed by atoms with Crippen molar-refractivity contribution in [2.75, 3.05) is 46.2 Å². The Bertz CT molecular complexity index is 473. The van der Waals surface area contributed by atoms with Crippen molar-refractivity contribution < 1.29 is 17.9 Å². The van der Waals surface area contributed by atoms with Crippen LogP contribution in [0.5, 0.6) is 0 Å². The number of hydrogen-bond acceptors (Lipinski definition) is 5. The lowest BCUT2D eigenvalue weighted by Crippen LogP contribution is -2.53. The van der Waals surface area contributed by atoms with E-state index in [4.69, 9.17) is 9.47 Å². The minimum absolute atomic E-state index is 0.232. The maximum absolute atomic E-state index is 11.3. The minimum atomic E-state index is -3.25. The van der Waals surface area contributed by atoms with E-state index in [2.05, 4.69) is 20.3 Å². The smallest absolute Gasteiger partial charge is 0.209 e. The van der Waals surface area contributed by atoms with E-state index in [9.17, 15) is 8.42 Å². The highest BCUT2D eigenvalue weighted by molar-refractivity contribution is 7.88. The zero-order valence-corrected chi connectivity index (χ0v) is 15.3. The van der Waals surface area contributed by atoms with Crippen molar-refractivity contribution in [1.82, 2.24) is 15.4 Å². The molecule has 0 aromatic carbocycles. The van der Waals surface area contributed by atoms with E-state index in [0.717, 1.165) is 32.2 Å². The zero-order chi connectivity index (χ0) is 17.3. The van der Waals surface area contributed by atoms with Crippen molar-refractivity contribution >= 4 is 16.0 Å². The van der Waals surface area contributed by atoms with Crippen molar-refractivity contribution in [3.63, 3.8) is 0 Å². The Morgan fingerprint density at radius 2 is 2.13 bits per heavy atom. The lowest BCUT2D eigenvalue weighted by Gasteiger charge is -2.26. The summed E-state index contributed by atoms with van der Waals surface area (Å²) in [4.78, 5) is 4.12. The summed E-state index contributed by atoms with van der Waals surface area (Å²) >= 11 is 0. The van der Waals surface area contributed by atoms with Crippen LogP contribution in [0.15, 0.2) is 4.99 Å². The molecule has 3 N–H and O–H groups in total. The first-order valence-electron chi connectivity index (χ1n) is 7.85. The van der Waals surface area contributed by atoms with Crippen molar-refractivity contribution in [2.45, 2.75) is 38.3 Å². The first-order valence-corrected chi connectivity index (χ1v) is 9.74. The molecule has 8 nitrogen and oxygen atoms in total. The Morgan fingerprint density at radius 3 is 2.70 bits per heavy atom. The summed E-state index contributed by atoms with van der Waals surface area (Å²) in [6.07, 6.45) is 3.22. The summed E-state index contributed by atoms with van der Waals surface area (Å²) in [7, 11) is -1.57. The van der Waals surface area contributed by atoms with Gasteiger partial charge in [-0.25, -0.2) is 13.1 Å². The summed E-state index contributed by atoms with van der Waals surface area (Å²) in [5, 5.41) is 6.30. The van der Waals surface area contributed by atoms with Crippen LogP contribution in [0, 0.1) is 0 Å². The van der Waals surface area contributed by atoms with Crippen LogP contribution in [0.25, 0.3) is 0 Å². The van der Waals surface area contributed by atoms with Gasteiger partial charge in [0, 0.05) is 38.9 Å². The maximum Gasteiger partial charge on any atom is 0.209 e. The highest BCUT2D eigenvalue weighted by atomic mass is 32.2. The van der Waals surface area contributed by atoms with Crippen molar-refractivity contribution in [1.29, 1.82) is 0 Å². The molecule has 1 heterocycles. The number of ether oxygens (including phenoxy) is 2. The predicted octanol–water partition coefficient (Wildman–Crippen LogP) is -0.325. The van der Waals surface area contributed by atoms with Gasteiger partial charge in [-0.05, 0) is 26.7 Å². The number of sulfonamides is 1. The second-order valence-electron chi connectivity index (χ2n) is 6.32. The Labute approximate surface area is 139 Å². The van der Waals surface area contributed by atoms with E-state index in [1.165, 1.54) is 0 Å². The maximum atomic E-state index is 11.3. The van der Waals surface area contributed by atoms with Gasteiger partial charge in [0.2, 0.25) is 10.0 Å². The minimum Gasteiger partial charge on any atom is -0.379 e. The number of hydrogen-bond donors (Lipinski definition) is 3. The average molecular weight is 350 g/mol. The molecule has 9 heteroatoms. The van der Waals surface area contributed by atoms with Crippen LogP contribution in [0.2, 0.25) is 0 Å². The summed E-state index contributed by atoms with van der Waals surface area (Å²) < 4.78 is 36.1. The van der Waals surface area contributed by atoms with E-state index in [0.29, 0.717) is 25.7 Å². The first kappa shape index (κ1) is 20.1. The standard InChI is InChI=1S/C14H30N4O4S/c1-14(2,18-23(4,19)20)11-17-13(15-3)16-7-5-8-22-12-6-9-21-10-12/h12,18H,5-11H2,1-4H3,(H2,15,16,17). The Kier molecular flexibility index (Phi) is 8.24. The third-order valence-electron chi connectivity index (χ3n) is 3.24. The van der Waals surface area contributed by atoms with Crippen LogP contribution >= 0.6 is 0 Å². The molecule has 1 aliphatic heterocycles. The highest BCUT2D eigenvalue weighted by Crippen LogP contribution is 2.07. The lowest BCUT2D eigenvalue weighted by molar-refractivity contribution is 0.0420. The van der Waals surface area contributed by atoms with Crippen molar-refractivity contribution in [3.05, 3.63) is 0 Å². The van der Waals surface area contributed by atoms with E-state index < -0.39 is 15.6 Å². The fourth-order valence-electron chi connectivity index (χ4n) is 2.24. The molecule has 1 rings (SSSR count). The van der Waals surface area contributed by atoms with Crippen LogP contribution in [-0.2, 0) is 19.5 Å². The number of rotatable bonds is 9. The fourth-order valence-corrected chi connectivity index (χ4v) is 3.31. The third kappa shape index (κ3) is 9.75. The molecule has 1 aliphatic rings. The quantitative estimate of drug-likeness (QED) is 0.299. The molecule has 0 aliphatic carbocycles. The molecule has 0 amide bonds. The number of nitrogens with zero attached hydrogens (tertiary/aromatic N) is 1. The monoisotopic (exact) mass is 350 g/mol. The summed E-state index contributed by atoms with van der Waals surface area (Å²) in [6, 6.07) is 0. The van der Waals surface area contributed by atoms with Crippen LogP contribution in [0.3, 0.4) is 0 Å². The summed E-state index contributed by atoms with van der Waals surface area (Å²) in [5.41, 5.74) is -0.600. The van der Waals surface area contributed by atoms with Gasteiger partial charge in [-0.3, -0.25) is 4.99 Å². The van der Waals surface area contributed by atoms with Gasteiger partial charge in [0.15, 0.2) is 5.96 Å². The molecular formula is C14H30N4O4S. The van der Waals surface area contributed by atoms with E-state index in [1.54, 1.807) is 7.05 Å². The number of aliphatic imine (C=N–C) groups is 1. The largest absolute Gasteiger partial charge is 0.379 e. The van der Waals surface area contributed by atoms with Crippen LogP contribution < -0.4 is 15.4 Å². The number of guanidine groups is 1. The lowest BCUT2D eigenvalue weighted by atomic mass is 10.1. The molecule has 0 aromatic heterocycles. The van der Waals surface area contributed by atoms with Gasteiger partial charge in [0.05, 0.1) is 19.0 Å². The first-order chi connectivity index (χ1) is 10.7. The van der Waals surface area contributed by atoms with Crippen LogP contribution in [0.1, 0.15) is 26.7 Å². The van der Waals surface area contributed by atoms with Gasteiger partial charge in [-0.1, -0.05) is 0 Å². The zero-order valence-electron chi connectivity index (χ0n) is 14.5. The molecule has 1 saturated heterocycles. The van der Waals surface area contributed by atoms with Gasteiger partial charge in [-0.15, -0.1) is 0 Å². The van der Waals surface area contributed by atoms with Gasteiger partial charge >= 0.3 is 0 Å². The molecule has 1 atom stereocenters. The topological polar surface area (TPSA) is 101 Å². The van der Waals surface area contributed by atoms with Gasteiger partial charge in [0.25, 0.3) is 0 Å². The molecule has 23 heavy (non-hydrogen) atoms. The fraction of sp³-hybridized carbons (Fsp3) is 0.929. The Balaban J connectivity index is 2.18. The third-order valence-corrected chi connectivity index (χ3v) is 4.16. The van der Waals surface area contributed by atoms with Gasteiger partial charge in [-0.2, -0.15) is 0 Å². The van der Waals surface area contributed by atoms with Gasteiger partial charge < -0.3 is 20.1 Å². The second kappa shape index (κ2) is 9.41. The normalized spacial score (nSPS) is 19.8. The molecule has 0 aromatic rings. The van der Waals surface area contributed by atoms with Gasteiger partial charge in [0.1, 0.15) is 0 Å². The average Bonchev–Trinajstić information content (AvgIpc) is 2.92. The Hall–Kier alpha value is -0.900. The summed E-state index contributed by atoms with van der Waals surface area (Å²) in [6.45, 7) is 6.94. The predicted molar refractivity (Wildman–Crippen MR) is 91.2 cm³/mol. The summed E-state index contributed by atoms with van der Waals surface area (Å²) in [5.74, 6) is 0.637. The van der Waals surface area contributed by atoms with E-state index >= 15 is 0 Å². The van der Waals surface area contributed by atoms with Crippen molar-refractivity contribution in [3.8, 4) is 0 Å². The van der Waals surface area contributed by atoms with Crippen LogP contribution in [0.4, 0.5) is 0 Å². The number of nitrogens with one attached hydrogen (secondary N) is 3. The van der Waals surface area contributed by atoms with E-state index in [-0.39, 0.29) is 6.10 Å². The molecule has 0 radical (unpaired) electrons. The molecule has 0 saturated carbocycles. The molecule has 0 bridgehead atoms.